The van der Waals surface area contributed by atoms with Crippen molar-refractivity contribution in [1.82, 2.24) is 0 Å². The van der Waals surface area contributed by atoms with E-state index in [9.17, 15) is 13.2 Å². The second kappa shape index (κ2) is 5.74. The Morgan fingerprint density at radius 1 is 1.16 bits per heavy atom. The van der Waals surface area contributed by atoms with Gasteiger partial charge in [-0.1, -0.05) is 32.9 Å². The molecule has 0 aromatic heterocycles. The summed E-state index contributed by atoms with van der Waals surface area (Å²) in [6, 6.07) is 6.81. The molecule has 0 aliphatic rings. The average molecular weight is 284 g/mol. The average Bonchev–Trinajstić information content (AvgIpc) is 2.27. The molecular formula is C14H20O4S. The summed E-state index contributed by atoms with van der Waals surface area (Å²) < 4.78 is 24.0. The van der Waals surface area contributed by atoms with Gasteiger partial charge in [0.25, 0.3) is 0 Å². The number of carbonyl (C=O) groups is 1. The van der Waals surface area contributed by atoms with Crippen molar-refractivity contribution in [1.29, 1.82) is 0 Å². The Morgan fingerprint density at radius 2 is 1.68 bits per heavy atom. The van der Waals surface area contributed by atoms with Gasteiger partial charge in [0, 0.05) is 6.42 Å². The van der Waals surface area contributed by atoms with Gasteiger partial charge < -0.3 is 5.11 Å². The van der Waals surface area contributed by atoms with Crippen molar-refractivity contribution in [2.75, 3.05) is 5.75 Å². The number of hydrogen-bond donors (Lipinski definition) is 1. The van der Waals surface area contributed by atoms with E-state index in [1.807, 2.05) is 12.1 Å². The maximum atomic E-state index is 12.0. The first-order chi connectivity index (χ1) is 8.63. The van der Waals surface area contributed by atoms with Crippen molar-refractivity contribution in [3.63, 3.8) is 0 Å². The highest BCUT2D eigenvalue weighted by Crippen LogP contribution is 2.23. The molecule has 0 aliphatic heterocycles. The lowest BCUT2D eigenvalue weighted by Gasteiger charge is -2.19. The molecule has 19 heavy (non-hydrogen) atoms. The molecule has 1 N–H and O–H groups in total. The molecular weight excluding hydrogens is 264 g/mol. The van der Waals surface area contributed by atoms with Crippen LogP contribution in [0.2, 0.25) is 0 Å². The van der Waals surface area contributed by atoms with E-state index >= 15 is 0 Å². The molecule has 0 radical (unpaired) electrons. The predicted octanol–water partition coefficient (Wildman–Crippen LogP) is 2.62. The van der Waals surface area contributed by atoms with E-state index in [0.29, 0.717) is 0 Å². The van der Waals surface area contributed by atoms with Gasteiger partial charge in [-0.05, 0) is 29.5 Å². The molecule has 1 rings (SSSR count). The number of aliphatic carboxylic acids is 1. The van der Waals surface area contributed by atoms with Gasteiger partial charge >= 0.3 is 5.97 Å². The van der Waals surface area contributed by atoms with Crippen molar-refractivity contribution in [3.8, 4) is 0 Å². The van der Waals surface area contributed by atoms with Crippen LogP contribution in [0.4, 0.5) is 0 Å². The maximum Gasteiger partial charge on any atom is 0.303 e. The summed E-state index contributed by atoms with van der Waals surface area (Å²) in [5.41, 5.74) is 1.04. The molecule has 0 bridgehead atoms. The minimum atomic E-state index is -3.38. The van der Waals surface area contributed by atoms with E-state index < -0.39 is 15.8 Å². The second-order valence-electron chi connectivity index (χ2n) is 5.59. The van der Waals surface area contributed by atoms with Gasteiger partial charge in [0.2, 0.25) is 0 Å². The van der Waals surface area contributed by atoms with E-state index in [2.05, 4.69) is 20.8 Å². The zero-order valence-electron chi connectivity index (χ0n) is 11.5. The number of carboxylic acids is 1. The molecule has 0 heterocycles. The van der Waals surface area contributed by atoms with Crippen LogP contribution < -0.4 is 0 Å². The Bertz CT molecular complexity index is 536. The molecule has 0 unspecified atom stereocenters. The summed E-state index contributed by atoms with van der Waals surface area (Å²) >= 11 is 0. The molecule has 0 saturated heterocycles. The summed E-state index contributed by atoms with van der Waals surface area (Å²) in [5.74, 6) is -1.10. The van der Waals surface area contributed by atoms with E-state index in [-0.39, 0.29) is 28.9 Å². The van der Waals surface area contributed by atoms with E-state index in [4.69, 9.17) is 5.11 Å². The molecule has 0 spiro atoms. The van der Waals surface area contributed by atoms with Gasteiger partial charge in [-0.2, -0.15) is 0 Å². The van der Waals surface area contributed by atoms with E-state index in [0.717, 1.165) is 5.56 Å². The number of hydrogen-bond acceptors (Lipinski definition) is 3. The third-order valence-corrected chi connectivity index (χ3v) is 4.70. The molecule has 4 nitrogen and oxygen atoms in total. The number of sulfone groups is 1. The van der Waals surface area contributed by atoms with Crippen molar-refractivity contribution < 1.29 is 18.3 Å². The van der Waals surface area contributed by atoms with Gasteiger partial charge in [0.15, 0.2) is 9.84 Å². The summed E-state index contributed by atoms with van der Waals surface area (Å²) in [4.78, 5) is 10.6. The fourth-order valence-electron chi connectivity index (χ4n) is 1.69. The minimum Gasteiger partial charge on any atom is -0.481 e. The van der Waals surface area contributed by atoms with Crippen LogP contribution in [0.3, 0.4) is 0 Å². The zero-order chi connectivity index (χ0) is 14.7. The van der Waals surface area contributed by atoms with Crippen molar-refractivity contribution >= 4 is 15.8 Å². The largest absolute Gasteiger partial charge is 0.481 e. The van der Waals surface area contributed by atoms with Gasteiger partial charge in [-0.15, -0.1) is 0 Å². The molecule has 0 saturated carbocycles. The van der Waals surface area contributed by atoms with Crippen LogP contribution in [-0.4, -0.2) is 25.2 Å². The standard InChI is InChI=1S/C14H20O4S/c1-14(2,3)11-6-8-12(9-7-11)19(17,18)10-4-5-13(15)16/h6-9H,4-5,10H2,1-3H3,(H,15,16). The van der Waals surface area contributed by atoms with Gasteiger partial charge in [-0.3, -0.25) is 4.79 Å². The maximum absolute atomic E-state index is 12.0. The van der Waals surface area contributed by atoms with E-state index in [1.54, 1.807) is 12.1 Å². The quantitative estimate of drug-likeness (QED) is 0.902. The first kappa shape index (κ1) is 15.7. The molecule has 0 amide bonds. The number of carboxylic acid groups (broad SMARTS) is 1. The Labute approximate surface area is 114 Å². The first-order valence-electron chi connectivity index (χ1n) is 6.18. The van der Waals surface area contributed by atoms with Gasteiger partial charge in [0.1, 0.15) is 0 Å². The Kier molecular flexibility index (Phi) is 4.74. The lowest BCUT2D eigenvalue weighted by molar-refractivity contribution is -0.137. The summed E-state index contributed by atoms with van der Waals surface area (Å²) in [6.07, 6.45) is 0.0119. The SMILES string of the molecule is CC(C)(C)c1ccc(S(=O)(=O)CCCC(=O)O)cc1. The van der Waals surface area contributed by atoms with E-state index in [1.165, 1.54) is 0 Å². The van der Waals surface area contributed by atoms with Crippen molar-refractivity contribution in [2.24, 2.45) is 0 Å². The molecule has 106 valence electrons. The Morgan fingerprint density at radius 3 is 2.11 bits per heavy atom. The van der Waals surface area contributed by atoms with Crippen LogP contribution in [0.5, 0.6) is 0 Å². The van der Waals surface area contributed by atoms with Crippen LogP contribution in [0.25, 0.3) is 0 Å². The predicted molar refractivity (Wildman–Crippen MR) is 74.1 cm³/mol. The Hall–Kier alpha value is -1.36. The third kappa shape index (κ3) is 4.67. The monoisotopic (exact) mass is 284 g/mol. The van der Waals surface area contributed by atoms with Crippen molar-refractivity contribution in [3.05, 3.63) is 29.8 Å². The lowest BCUT2D eigenvalue weighted by atomic mass is 9.87. The first-order valence-corrected chi connectivity index (χ1v) is 7.83. The highest BCUT2D eigenvalue weighted by atomic mass is 32.2. The molecule has 0 aliphatic carbocycles. The van der Waals surface area contributed by atoms with Gasteiger partial charge in [-0.25, -0.2) is 8.42 Å². The Balaban J connectivity index is 2.82. The number of rotatable bonds is 5. The van der Waals surface area contributed by atoms with Crippen LogP contribution in [0.15, 0.2) is 29.2 Å². The molecule has 0 fully saturated rings. The third-order valence-electron chi connectivity index (χ3n) is 2.88. The van der Waals surface area contributed by atoms with Crippen LogP contribution in [-0.2, 0) is 20.0 Å². The lowest BCUT2D eigenvalue weighted by Crippen LogP contribution is -2.12. The topological polar surface area (TPSA) is 71.4 Å². The summed E-state index contributed by atoms with van der Waals surface area (Å²) in [7, 11) is -3.38. The number of benzene rings is 1. The smallest absolute Gasteiger partial charge is 0.303 e. The van der Waals surface area contributed by atoms with Crippen LogP contribution in [0.1, 0.15) is 39.2 Å². The highest BCUT2D eigenvalue weighted by molar-refractivity contribution is 7.91. The fraction of sp³-hybridized carbons (Fsp3) is 0.500. The highest BCUT2D eigenvalue weighted by Gasteiger charge is 2.17. The summed E-state index contributed by atoms with van der Waals surface area (Å²) in [5, 5.41) is 8.51. The normalized spacial score (nSPS) is 12.4. The second-order valence-corrected chi connectivity index (χ2v) is 7.70. The van der Waals surface area contributed by atoms with Crippen LogP contribution >= 0.6 is 0 Å². The molecule has 1 aromatic carbocycles. The molecule has 0 atom stereocenters. The fourth-order valence-corrected chi connectivity index (χ4v) is 3.00. The minimum absolute atomic E-state index is 0.0222. The molecule has 5 heteroatoms. The molecule has 1 aromatic rings. The van der Waals surface area contributed by atoms with Crippen LogP contribution in [0, 0.1) is 0 Å². The summed E-state index contributed by atoms with van der Waals surface area (Å²) in [6.45, 7) is 6.18. The van der Waals surface area contributed by atoms with Gasteiger partial charge in [0.05, 0.1) is 10.6 Å². The van der Waals surface area contributed by atoms with Crippen molar-refractivity contribution in [2.45, 2.75) is 43.9 Å². The zero-order valence-corrected chi connectivity index (χ0v) is 12.3.